The van der Waals surface area contributed by atoms with Crippen molar-refractivity contribution in [1.82, 2.24) is 9.88 Å². The Balaban J connectivity index is 2.12. The molecule has 0 aliphatic carbocycles. The molecule has 1 aliphatic heterocycles. The van der Waals surface area contributed by atoms with Crippen molar-refractivity contribution in [3.8, 4) is 0 Å². The zero-order valence-corrected chi connectivity index (χ0v) is 11.4. The van der Waals surface area contributed by atoms with Gasteiger partial charge in [-0.3, -0.25) is 4.79 Å². The van der Waals surface area contributed by atoms with Crippen LogP contribution < -0.4 is 5.32 Å². The lowest BCUT2D eigenvalue weighted by Crippen LogP contribution is -2.31. The summed E-state index contributed by atoms with van der Waals surface area (Å²) < 4.78 is 0. The van der Waals surface area contributed by atoms with Gasteiger partial charge in [0.05, 0.1) is 0 Å². The lowest BCUT2D eigenvalue weighted by molar-refractivity contribution is 0.0772. The second-order valence-corrected chi connectivity index (χ2v) is 5.58. The molecule has 2 heterocycles. The molecule has 0 aromatic carbocycles. The van der Waals surface area contributed by atoms with Gasteiger partial charge in [0.1, 0.15) is 11.5 Å². The van der Waals surface area contributed by atoms with Gasteiger partial charge >= 0.3 is 0 Å². The summed E-state index contributed by atoms with van der Waals surface area (Å²) in [5.41, 5.74) is 0.765. The Labute approximate surface area is 108 Å². The Bertz CT molecular complexity index is 442. The number of hydrogen-bond acceptors (Lipinski definition) is 3. The Morgan fingerprint density at radius 3 is 2.89 bits per heavy atom. The van der Waals surface area contributed by atoms with Crippen molar-refractivity contribution in [1.29, 1.82) is 0 Å². The van der Waals surface area contributed by atoms with Crippen molar-refractivity contribution in [3.63, 3.8) is 0 Å². The number of aromatic nitrogens is 1. The number of rotatable bonds is 3. The number of nitrogens with one attached hydrogen (secondary N) is 1. The molecule has 4 heteroatoms. The van der Waals surface area contributed by atoms with Gasteiger partial charge in [0, 0.05) is 19.6 Å². The van der Waals surface area contributed by atoms with E-state index in [2.05, 4.69) is 24.1 Å². The summed E-state index contributed by atoms with van der Waals surface area (Å²) in [4.78, 5) is 18.6. The first-order valence-electron chi connectivity index (χ1n) is 6.52. The monoisotopic (exact) mass is 247 g/mol. The van der Waals surface area contributed by atoms with E-state index in [1.54, 1.807) is 6.07 Å². The van der Waals surface area contributed by atoms with Gasteiger partial charge in [0.15, 0.2) is 0 Å². The third kappa shape index (κ3) is 2.81. The first kappa shape index (κ1) is 12.9. The van der Waals surface area contributed by atoms with Crippen LogP contribution in [0, 0.1) is 5.41 Å². The van der Waals surface area contributed by atoms with Crippen LogP contribution in [-0.4, -0.2) is 35.4 Å². The molecule has 0 spiro atoms. The highest BCUT2D eigenvalue weighted by atomic mass is 16.2. The summed E-state index contributed by atoms with van der Waals surface area (Å²) >= 11 is 0. The van der Waals surface area contributed by atoms with E-state index in [0.717, 1.165) is 31.9 Å². The number of pyridine rings is 1. The highest BCUT2D eigenvalue weighted by Gasteiger charge is 2.32. The Hall–Kier alpha value is -1.58. The Morgan fingerprint density at radius 2 is 2.28 bits per heavy atom. The van der Waals surface area contributed by atoms with Crippen LogP contribution in [0.15, 0.2) is 18.2 Å². The van der Waals surface area contributed by atoms with Crippen LogP contribution in [0.4, 0.5) is 5.82 Å². The third-order valence-corrected chi connectivity index (χ3v) is 3.29. The molecule has 0 radical (unpaired) electrons. The van der Waals surface area contributed by atoms with Crippen molar-refractivity contribution >= 4 is 11.7 Å². The minimum Gasteiger partial charge on any atom is -0.370 e. The molecule has 1 fully saturated rings. The molecule has 1 saturated heterocycles. The SMILES string of the molecule is CCNc1cccc(C(=O)N2CCC(C)(C)C2)n1. The van der Waals surface area contributed by atoms with Crippen LogP contribution in [0.2, 0.25) is 0 Å². The van der Waals surface area contributed by atoms with E-state index in [-0.39, 0.29) is 11.3 Å². The molecule has 0 saturated carbocycles. The molecular formula is C14H21N3O. The van der Waals surface area contributed by atoms with Crippen molar-refractivity contribution < 1.29 is 4.79 Å². The fraction of sp³-hybridized carbons (Fsp3) is 0.571. The number of hydrogen-bond donors (Lipinski definition) is 1. The minimum atomic E-state index is 0.0420. The van der Waals surface area contributed by atoms with Gasteiger partial charge in [-0.2, -0.15) is 0 Å². The third-order valence-electron chi connectivity index (χ3n) is 3.29. The maximum absolute atomic E-state index is 12.3. The van der Waals surface area contributed by atoms with Crippen molar-refractivity contribution in [2.24, 2.45) is 5.41 Å². The van der Waals surface area contributed by atoms with Gasteiger partial charge < -0.3 is 10.2 Å². The molecule has 0 bridgehead atoms. The summed E-state index contributed by atoms with van der Waals surface area (Å²) in [6, 6.07) is 5.54. The van der Waals surface area contributed by atoms with Crippen LogP contribution in [0.5, 0.6) is 0 Å². The van der Waals surface area contributed by atoms with Gasteiger partial charge in [-0.15, -0.1) is 0 Å². The largest absolute Gasteiger partial charge is 0.370 e. The van der Waals surface area contributed by atoms with Crippen LogP contribution in [0.1, 0.15) is 37.7 Å². The fourth-order valence-electron chi connectivity index (χ4n) is 2.28. The zero-order chi connectivity index (χ0) is 13.2. The van der Waals surface area contributed by atoms with E-state index in [0.29, 0.717) is 5.69 Å². The molecular weight excluding hydrogens is 226 g/mol. The van der Waals surface area contributed by atoms with Crippen LogP contribution in [0.25, 0.3) is 0 Å². The van der Waals surface area contributed by atoms with E-state index in [1.165, 1.54) is 0 Å². The lowest BCUT2D eigenvalue weighted by Gasteiger charge is -2.19. The number of amides is 1. The summed E-state index contributed by atoms with van der Waals surface area (Å²) in [6.45, 7) is 8.87. The minimum absolute atomic E-state index is 0.0420. The summed E-state index contributed by atoms with van der Waals surface area (Å²) in [7, 11) is 0. The van der Waals surface area contributed by atoms with E-state index in [4.69, 9.17) is 0 Å². The van der Waals surface area contributed by atoms with E-state index in [1.807, 2.05) is 24.0 Å². The first-order valence-corrected chi connectivity index (χ1v) is 6.52. The molecule has 0 unspecified atom stereocenters. The molecule has 1 N–H and O–H groups in total. The number of likely N-dealkylation sites (tertiary alicyclic amines) is 1. The van der Waals surface area contributed by atoms with Crippen molar-refractivity contribution in [3.05, 3.63) is 23.9 Å². The van der Waals surface area contributed by atoms with Crippen molar-refractivity contribution in [2.45, 2.75) is 27.2 Å². The number of nitrogens with zero attached hydrogens (tertiary/aromatic N) is 2. The number of anilines is 1. The number of carbonyl (C=O) groups excluding carboxylic acids is 1. The maximum Gasteiger partial charge on any atom is 0.272 e. The van der Waals surface area contributed by atoms with Gasteiger partial charge in [0.25, 0.3) is 5.91 Å². The van der Waals surface area contributed by atoms with Crippen LogP contribution in [0.3, 0.4) is 0 Å². The molecule has 1 amide bonds. The first-order chi connectivity index (χ1) is 8.52. The summed E-state index contributed by atoms with van der Waals surface area (Å²) in [5.74, 6) is 0.808. The Morgan fingerprint density at radius 1 is 1.50 bits per heavy atom. The van der Waals surface area contributed by atoms with Crippen molar-refractivity contribution in [2.75, 3.05) is 25.0 Å². The zero-order valence-electron chi connectivity index (χ0n) is 11.4. The molecule has 1 aromatic rings. The average Bonchev–Trinajstić information content (AvgIpc) is 2.70. The number of carbonyl (C=O) groups is 1. The standard InChI is InChI=1S/C14H21N3O/c1-4-15-12-7-5-6-11(16-12)13(18)17-9-8-14(2,3)10-17/h5-7H,4,8-10H2,1-3H3,(H,15,16). The van der Waals surface area contributed by atoms with Gasteiger partial charge in [-0.1, -0.05) is 19.9 Å². The summed E-state index contributed by atoms with van der Waals surface area (Å²) in [6.07, 6.45) is 1.06. The normalized spacial score (nSPS) is 17.8. The highest BCUT2D eigenvalue weighted by Crippen LogP contribution is 2.29. The van der Waals surface area contributed by atoms with Crippen LogP contribution in [-0.2, 0) is 0 Å². The predicted octanol–water partition coefficient (Wildman–Crippen LogP) is 2.39. The second kappa shape index (κ2) is 4.96. The molecule has 1 aliphatic rings. The van der Waals surface area contributed by atoms with E-state index >= 15 is 0 Å². The average molecular weight is 247 g/mol. The van der Waals surface area contributed by atoms with Gasteiger partial charge in [-0.25, -0.2) is 4.98 Å². The predicted molar refractivity (Wildman–Crippen MR) is 72.7 cm³/mol. The van der Waals surface area contributed by atoms with Gasteiger partial charge in [-0.05, 0) is 30.9 Å². The highest BCUT2D eigenvalue weighted by molar-refractivity contribution is 5.92. The van der Waals surface area contributed by atoms with Gasteiger partial charge in [0.2, 0.25) is 0 Å². The molecule has 18 heavy (non-hydrogen) atoms. The molecule has 4 nitrogen and oxygen atoms in total. The lowest BCUT2D eigenvalue weighted by atomic mass is 9.93. The molecule has 2 rings (SSSR count). The molecule has 98 valence electrons. The summed E-state index contributed by atoms with van der Waals surface area (Å²) in [5, 5.41) is 3.13. The van der Waals surface area contributed by atoms with E-state index in [9.17, 15) is 4.79 Å². The topological polar surface area (TPSA) is 45.2 Å². The molecule has 1 aromatic heterocycles. The Kier molecular flexibility index (Phi) is 3.55. The smallest absolute Gasteiger partial charge is 0.272 e. The second-order valence-electron chi connectivity index (χ2n) is 5.58. The van der Waals surface area contributed by atoms with Crippen LogP contribution >= 0.6 is 0 Å². The van der Waals surface area contributed by atoms with E-state index < -0.39 is 0 Å². The fourth-order valence-corrected chi connectivity index (χ4v) is 2.28. The quantitative estimate of drug-likeness (QED) is 0.892. The molecule has 0 atom stereocenters. The maximum atomic E-state index is 12.3.